The first-order valence-electron chi connectivity index (χ1n) is 7.74. The van der Waals surface area contributed by atoms with Crippen molar-refractivity contribution in [1.82, 2.24) is 10.2 Å². The number of hydrogen-bond acceptors (Lipinski definition) is 3. The van der Waals surface area contributed by atoms with E-state index in [1.165, 1.54) is 11.3 Å². The van der Waals surface area contributed by atoms with Gasteiger partial charge >= 0.3 is 0 Å². The highest BCUT2D eigenvalue weighted by Crippen LogP contribution is 2.38. The van der Waals surface area contributed by atoms with Gasteiger partial charge in [0.15, 0.2) is 0 Å². The Morgan fingerprint density at radius 3 is 2.45 bits per heavy atom. The van der Waals surface area contributed by atoms with Gasteiger partial charge in [0.25, 0.3) is 0 Å². The van der Waals surface area contributed by atoms with Gasteiger partial charge in [-0.1, -0.05) is 26.2 Å². The zero-order chi connectivity index (χ0) is 15.0. The first kappa shape index (κ1) is 17.0. The van der Waals surface area contributed by atoms with Gasteiger partial charge in [-0.15, -0.1) is 0 Å². The second-order valence-electron chi connectivity index (χ2n) is 6.04. The predicted octanol–water partition coefficient (Wildman–Crippen LogP) is 1.27. The van der Waals surface area contributed by atoms with Gasteiger partial charge in [-0.25, -0.2) is 0 Å². The predicted molar refractivity (Wildman–Crippen MR) is 80.1 cm³/mol. The Morgan fingerprint density at radius 2 is 1.90 bits per heavy atom. The SMILES string of the molecule is CCCNC(=O)CN(C)C(=O)CC1(CN)CCCCC1. The van der Waals surface area contributed by atoms with Crippen LogP contribution in [0.5, 0.6) is 0 Å². The molecule has 0 spiro atoms. The maximum Gasteiger partial charge on any atom is 0.239 e. The number of likely N-dealkylation sites (N-methyl/N-ethyl adjacent to an activating group) is 1. The van der Waals surface area contributed by atoms with Crippen LogP contribution >= 0.6 is 0 Å². The Bertz CT molecular complexity index is 325. The topological polar surface area (TPSA) is 75.4 Å². The van der Waals surface area contributed by atoms with Crippen LogP contribution in [0.2, 0.25) is 0 Å². The number of nitrogens with one attached hydrogen (secondary N) is 1. The van der Waals surface area contributed by atoms with E-state index in [0.29, 0.717) is 19.5 Å². The molecule has 0 heterocycles. The lowest BCUT2D eigenvalue weighted by atomic mass is 9.71. The van der Waals surface area contributed by atoms with E-state index in [1.54, 1.807) is 7.05 Å². The van der Waals surface area contributed by atoms with Crippen LogP contribution in [0.15, 0.2) is 0 Å². The largest absolute Gasteiger partial charge is 0.355 e. The van der Waals surface area contributed by atoms with Crippen molar-refractivity contribution in [3.63, 3.8) is 0 Å². The minimum Gasteiger partial charge on any atom is -0.355 e. The van der Waals surface area contributed by atoms with Crippen molar-refractivity contribution in [3.8, 4) is 0 Å². The minimum absolute atomic E-state index is 0.0315. The van der Waals surface area contributed by atoms with E-state index >= 15 is 0 Å². The second-order valence-corrected chi connectivity index (χ2v) is 6.04. The molecule has 0 aliphatic heterocycles. The molecule has 5 heteroatoms. The maximum atomic E-state index is 12.3. The number of carbonyl (C=O) groups is 2. The average molecular weight is 283 g/mol. The van der Waals surface area contributed by atoms with Gasteiger partial charge in [-0.2, -0.15) is 0 Å². The number of nitrogens with two attached hydrogens (primary N) is 1. The molecule has 1 aliphatic rings. The lowest BCUT2D eigenvalue weighted by Crippen LogP contribution is -2.42. The fourth-order valence-electron chi connectivity index (χ4n) is 2.83. The molecule has 116 valence electrons. The fraction of sp³-hybridized carbons (Fsp3) is 0.867. The molecule has 1 aliphatic carbocycles. The van der Waals surface area contributed by atoms with E-state index in [2.05, 4.69) is 5.32 Å². The summed E-state index contributed by atoms with van der Waals surface area (Å²) in [5, 5.41) is 2.79. The third kappa shape index (κ3) is 5.12. The van der Waals surface area contributed by atoms with Crippen LogP contribution in [-0.2, 0) is 9.59 Å². The molecule has 5 nitrogen and oxygen atoms in total. The fourth-order valence-corrected chi connectivity index (χ4v) is 2.83. The third-order valence-corrected chi connectivity index (χ3v) is 4.25. The summed E-state index contributed by atoms with van der Waals surface area (Å²) in [6.07, 6.45) is 7.00. The summed E-state index contributed by atoms with van der Waals surface area (Å²) < 4.78 is 0. The Hall–Kier alpha value is -1.10. The molecule has 0 atom stereocenters. The van der Waals surface area contributed by atoms with Crippen molar-refractivity contribution in [2.45, 2.75) is 51.9 Å². The molecule has 0 aromatic rings. The molecular formula is C15H29N3O2. The molecule has 1 fully saturated rings. The lowest BCUT2D eigenvalue weighted by molar-refractivity contribution is -0.137. The Morgan fingerprint density at radius 1 is 1.25 bits per heavy atom. The summed E-state index contributed by atoms with van der Waals surface area (Å²) in [6, 6.07) is 0. The summed E-state index contributed by atoms with van der Waals surface area (Å²) in [5.74, 6) is -0.0582. The summed E-state index contributed by atoms with van der Waals surface area (Å²) in [4.78, 5) is 25.4. The summed E-state index contributed by atoms with van der Waals surface area (Å²) in [6.45, 7) is 3.37. The van der Waals surface area contributed by atoms with Gasteiger partial charge in [-0.3, -0.25) is 9.59 Å². The van der Waals surface area contributed by atoms with Crippen molar-refractivity contribution in [2.24, 2.45) is 11.1 Å². The molecule has 1 rings (SSSR count). The first-order chi connectivity index (χ1) is 9.53. The van der Waals surface area contributed by atoms with E-state index in [9.17, 15) is 9.59 Å². The standard InChI is InChI=1S/C15H29N3O2/c1-3-9-17-13(19)11-18(2)14(20)10-15(12-16)7-5-4-6-8-15/h3-12,16H2,1-2H3,(H,17,19). The van der Waals surface area contributed by atoms with Crippen LogP contribution in [0.4, 0.5) is 0 Å². The number of nitrogens with zero attached hydrogens (tertiary/aromatic N) is 1. The second kappa shape index (κ2) is 8.25. The van der Waals surface area contributed by atoms with E-state index in [0.717, 1.165) is 32.1 Å². The molecule has 2 amide bonds. The van der Waals surface area contributed by atoms with Crippen LogP contribution in [0, 0.1) is 5.41 Å². The van der Waals surface area contributed by atoms with Crippen molar-refractivity contribution in [2.75, 3.05) is 26.7 Å². The van der Waals surface area contributed by atoms with Gasteiger partial charge in [0, 0.05) is 20.0 Å². The summed E-state index contributed by atoms with van der Waals surface area (Å²) >= 11 is 0. The Kier molecular flexibility index (Phi) is 6.99. The third-order valence-electron chi connectivity index (χ3n) is 4.25. The molecule has 3 N–H and O–H groups in total. The zero-order valence-corrected chi connectivity index (χ0v) is 12.9. The van der Waals surface area contributed by atoms with Crippen LogP contribution in [-0.4, -0.2) is 43.4 Å². The van der Waals surface area contributed by atoms with Crippen LogP contribution in [0.1, 0.15) is 51.9 Å². The molecule has 0 saturated heterocycles. The summed E-state index contributed by atoms with van der Waals surface area (Å²) in [7, 11) is 1.70. The number of hydrogen-bond donors (Lipinski definition) is 2. The van der Waals surface area contributed by atoms with Gasteiger partial charge in [0.2, 0.25) is 11.8 Å². The van der Waals surface area contributed by atoms with Gasteiger partial charge in [-0.05, 0) is 31.2 Å². The number of amides is 2. The average Bonchev–Trinajstić information content (AvgIpc) is 2.46. The Balaban J connectivity index is 2.45. The highest BCUT2D eigenvalue weighted by molar-refractivity contribution is 5.84. The smallest absolute Gasteiger partial charge is 0.239 e. The van der Waals surface area contributed by atoms with Crippen molar-refractivity contribution in [3.05, 3.63) is 0 Å². The number of rotatable bonds is 7. The van der Waals surface area contributed by atoms with Crippen LogP contribution in [0.25, 0.3) is 0 Å². The normalized spacial score (nSPS) is 17.6. The van der Waals surface area contributed by atoms with E-state index in [4.69, 9.17) is 5.73 Å². The molecule has 0 aromatic heterocycles. The van der Waals surface area contributed by atoms with Crippen molar-refractivity contribution < 1.29 is 9.59 Å². The highest BCUT2D eigenvalue weighted by atomic mass is 16.2. The zero-order valence-electron chi connectivity index (χ0n) is 12.9. The first-order valence-corrected chi connectivity index (χ1v) is 7.74. The van der Waals surface area contributed by atoms with Crippen molar-refractivity contribution >= 4 is 11.8 Å². The molecule has 20 heavy (non-hydrogen) atoms. The maximum absolute atomic E-state index is 12.3. The molecule has 0 unspecified atom stereocenters. The van der Waals surface area contributed by atoms with Crippen molar-refractivity contribution in [1.29, 1.82) is 0 Å². The van der Waals surface area contributed by atoms with Gasteiger partial charge in [0.1, 0.15) is 0 Å². The van der Waals surface area contributed by atoms with Gasteiger partial charge in [0.05, 0.1) is 6.54 Å². The minimum atomic E-state index is -0.0897. The molecule has 0 radical (unpaired) electrons. The van der Waals surface area contributed by atoms with Gasteiger partial charge < -0.3 is 16.0 Å². The molecule has 1 saturated carbocycles. The quantitative estimate of drug-likeness (QED) is 0.739. The highest BCUT2D eigenvalue weighted by Gasteiger charge is 2.34. The molecule has 0 aromatic carbocycles. The molecular weight excluding hydrogens is 254 g/mol. The van der Waals surface area contributed by atoms with E-state index in [1.807, 2.05) is 6.92 Å². The number of carbonyl (C=O) groups excluding carboxylic acids is 2. The molecule has 0 bridgehead atoms. The lowest BCUT2D eigenvalue weighted by Gasteiger charge is -2.36. The van der Waals surface area contributed by atoms with E-state index in [-0.39, 0.29) is 23.8 Å². The van der Waals surface area contributed by atoms with Crippen LogP contribution < -0.4 is 11.1 Å². The van der Waals surface area contributed by atoms with E-state index < -0.39 is 0 Å². The monoisotopic (exact) mass is 283 g/mol. The summed E-state index contributed by atoms with van der Waals surface area (Å²) in [5.41, 5.74) is 5.87. The van der Waals surface area contributed by atoms with Crippen LogP contribution in [0.3, 0.4) is 0 Å². The Labute approximate surface area is 122 Å².